The van der Waals surface area contributed by atoms with Crippen LogP contribution in [0.4, 0.5) is 0 Å². The van der Waals surface area contributed by atoms with Gasteiger partial charge in [0, 0.05) is 0 Å². The van der Waals surface area contributed by atoms with Crippen molar-refractivity contribution in [2.24, 2.45) is 5.73 Å². The fourth-order valence-electron chi connectivity index (χ4n) is 1.29. The molecule has 0 radical (unpaired) electrons. The molecule has 2 heterocycles. The first-order chi connectivity index (χ1) is 5.77. The van der Waals surface area contributed by atoms with Gasteiger partial charge >= 0.3 is 0 Å². The molecule has 0 aliphatic carbocycles. The number of hydrogen-bond acceptors (Lipinski definition) is 2. The molecule has 0 saturated carbocycles. The summed E-state index contributed by atoms with van der Waals surface area (Å²) >= 11 is 0. The number of aromatic nitrogens is 2. The van der Waals surface area contributed by atoms with Crippen molar-refractivity contribution in [2.45, 2.75) is 18.9 Å². The molecule has 5 nitrogen and oxygen atoms in total. The fraction of sp³-hybridized carbons (Fsp3) is 0.429. The van der Waals surface area contributed by atoms with Crippen molar-refractivity contribution >= 4 is 5.91 Å². The van der Waals surface area contributed by atoms with Gasteiger partial charge in [-0.25, -0.2) is 4.98 Å². The summed E-state index contributed by atoms with van der Waals surface area (Å²) in [6, 6.07) is -0.390. The molecule has 0 saturated heterocycles. The third-order valence-electron chi connectivity index (χ3n) is 2.02. The summed E-state index contributed by atoms with van der Waals surface area (Å²) in [5.41, 5.74) is 8.25. The number of fused-ring (bicyclic) bond motifs is 1. The summed E-state index contributed by atoms with van der Waals surface area (Å²) in [5, 5.41) is 0. The van der Waals surface area contributed by atoms with Gasteiger partial charge in [0.15, 0.2) is 6.20 Å². The minimum absolute atomic E-state index is 0.127. The molecule has 1 aliphatic rings. The zero-order chi connectivity index (χ0) is 8.55. The summed E-state index contributed by atoms with van der Waals surface area (Å²) in [4.78, 5) is 14.2. The van der Waals surface area contributed by atoms with E-state index in [0.29, 0.717) is 6.42 Å². The Morgan fingerprint density at radius 3 is 3.33 bits per heavy atom. The third kappa shape index (κ3) is 1.08. The van der Waals surface area contributed by atoms with Crippen LogP contribution in [0.3, 0.4) is 0 Å². The molecular formula is C7H11N4O+. The molecule has 0 fully saturated rings. The van der Waals surface area contributed by atoms with E-state index in [9.17, 15) is 4.79 Å². The largest absolute Gasteiger partial charge is 0.320 e. The Hall–Kier alpha value is -1.36. The molecule has 1 aliphatic heterocycles. The van der Waals surface area contributed by atoms with Crippen LogP contribution in [0.15, 0.2) is 12.4 Å². The number of imidazole rings is 1. The van der Waals surface area contributed by atoms with Gasteiger partial charge in [-0.3, -0.25) is 4.79 Å². The van der Waals surface area contributed by atoms with Crippen LogP contribution in [0.25, 0.3) is 0 Å². The highest BCUT2D eigenvalue weighted by molar-refractivity contribution is 5.87. The zero-order valence-corrected chi connectivity index (χ0v) is 6.58. The van der Waals surface area contributed by atoms with Crippen molar-refractivity contribution in [3.05, 3.63) is 18.2 Å². The Balaban J connectivity index is 2.30. The topological polar surface area (TPSA) is 74.8 Å². The number of carbonyl (C=O) groups is 1. The van der Waals surface area contributed by atoms with Crippen molar-refractivity contribution in [3.63, 3.8) is 0 Å². The molecule has 2 rings (SSSR count). The van der Waals surface area contributed by atoms with Crippen molar-refractivity contribution < 1.29 is 9.47 Å². The van der Waals surface area contributed by atoms with E-state index in [-0.39, 0.29) is 5.91 Å². The number of nitrogens with one attached hydrogen (secondary N) is 2. The number of rotatable bonds is 0. The van der Waals surface area contributed by atoms with E-state index in [1.165, 1.54) is 0 Å². The third-order valence-corrected chi connectivity index (χ3v) is 2.02. The molecule has 64 valence electrons. The maximum atomic E-state index is 11.2. The maximum Gasteiger partial charge on any atom is 0.277 e. The van der Waals surface area contributed by atoms with Crippen LogP contribution >= 0.6 is 0 Å². The SMILES string of the molecule is NC1CCc2[nH]cc[n+]2NC1=O. The number of nitrogens with zero attached hydrogens (tertiary/aromatic N) is 1. The molecule has 12 heavy (non-hydrogen) atoms. The van der Waals surface area contributed by atoms with Crippen LogP contribution in [-0.2, 0) is 11.2 Å². The molecule has 1 aromatic heterocycles. The van der Waals surface area contributed by atoms with E-state index in [0.717, 1.165) is 12.2 Å². The first-order valence-corrected chi connectivity index (χ1v) is 3.92. The van der Waals surface area contributed by atoms with Crippen LogP contribution in [0.5, 0.6) is 0 Å². The van der Waals surface area contributed by atoms with Crippen LogP contribution in [0.1, 0.15) is 12.2 Å². The van der Waals surface area contributed by atoms with Gasteiger partial charge in [-0.2, -0.15) is 5.43 Å². The molecule has 0 aromatic carbocycles. The number of amides is 1. The maximum absolute atomic E-state index is 11.2. The van der Waals surface area contributed by atoms with E-state index in [1.54, 1.807) is 17.1 Å². The monoisotopic (exact) mass is 167 g/mol. The Morgan fingerprint density at radius 1 is 1.67 bits per heavy atom. The summed E-state index contributed by atoms with van der Waals surface area (Å²) < 4.78 is 1.68. The molecule has 1 aromatic rings. The lowest BCUT2D eigenvalue weighted by Gasteiger charge is -2.02. The second-order valence-electron chi connectivity index (χ2n) is 2.90. The predicted octanol–water partition coefficient (Wildman–Crippen LogP) is -1.35. The summed E-state index contributed by atoms with van der Waals surface area (Å²) in [6.45, 7) is 0. The molecule has 1 atom stereocenters. The van der Waals surface area contributed by atoms with E-state index < -0.39 is 6.04 Å². The standard InChI is InChI=1S/C7H10N4O/c8-5-1-2-6-9-3-4-11(6)10-7(5)12/h3-5H,1-2,8H2,(H,10,12)/p+1. The Bertz CT molecular complexity index is 306. The zero-order valence-electron chi connectivity index (χ0n) is 6.58. The van der Waals surface area contributed by atoms with E-state index in [4.69, 9.17) is 5.73 Å². The number of nitrogens with two attached hydrogens (primary N) is 1. The first kappa shape index (κ1) is 7.30. The summed E-state index contributed by atoms with van der Waals surface area (Å²) in [6.07, 6.45) is 5.04. The molecule has 1 unspecified atom stereocenters. The molecule has 0 bridgehead atoms. The number of H-pyrrole nitrogens is 1. The number of carbonyl (C=O) groups excluding carboxylic acids is 1. The van der Waals surface area contributed by atoms with Gasteiger partial charge in [-0.1, -0.05) is 0 Å². The van der Waals surface area contributed by atoms with Gasteiger partial charge in [0.2, 0.25) is 0 Å². The second kappa shape index (κ2) is 2.60. The highest BCUT2D eigenvalue weighted by Gasteiger charge is 2.24. The Labute approximate surface area is 69.5 Å². The minimum atomic E-state index is -0.390. The minimum Gasteiger partial charge on any atom is -0.320 e. The Morgan fingerprint density at radius 2 is 2.50 bits per heavy atom. The van der Waals surface area contributed by atoms with Crippen molar-refractivity contribution in [3.8, 4) is 0 Å². The average Bonchev–Trinajstić information content (AvgIpc) is 2.43. The first-order valence-electron chi connectivity index (χ1n) is 3.92. The van der Waals surface area contributed by atoms with Crippen molar-refractivity contribution in [1.29, 1.82) is 0 Å². The summed E-state index contributed by atoms with van der Waals surface area (Å²) in [7, 11) is 0. The molecule has 5 heteroatoms. The van der Waals surface area contributed by atoms with Gasteiger partial charge in [0.1, 0.15) is 6.20 Å². The van der Waals surface area contributed by atoms with Crippen molar-refractivity contribution in [2.75, 3.05) is 5.43 Å². The molecule has 0 spiro atoms. The molecular weight excluding hydrogens is 156 g/mol. The van der Waals surface area contributed by atoms with E-state index in [1.807, 2.05) is 0 Å². The number of aryl methyl sites for hydroxylation is 1. The lowest BCUT2D eigenvalue weighted by atomic mass is 10.1. The number of aromatic amines is 1. The average molecular weight is 167 g/mol. The summed E-state index contributed by atoms with van der Waals surface area (Å²) in [5.74, 6) is 0.856. The van der Waals surface area contributed by atoms with E-state index >= 15 is 0 Å². The van der Waals surface area contributed by atoms with Crippen LogP contribution in [0, 0.1) is 0 Å². The Kier molecular flexibility index (Phi) is 1.58. The molecule has 4 N–H and O–H groups in total. The van der Waals surface area contributed by atoms with Gasteiger partial charge in [-0.15, -0.1) is 4.68 Å². The van der Waals surface area contributed by atoms with Crippen LogP contribution in [-0.4, -0.2) is 16.9 Å². The van der Waals surface area contributed by atoms with Crippen LogP contribution < -0.4 is 15.8 Å². The second-order valence-corrected chi connectivity index (χ2v) is 2.90. The van der Waals surface area contributed by atoms with Crippen LogP contribution in [0.2, 0.25) is 0 Å². The van der Waals surface area contributed by atoms with Gasteiger partial charge in [0.05, 0.1) is 12.5 Å². The van der Waals surface area contributed by atoms with Crippen molar-refractivity contribution in [1.82, 2.24) is 4.98 Å². The van der Waals surface area contributed by atoms with Gasteiger partial charge < -0.3 is 5.73 Å². The highest BCUT2D eigenvalue weighted by atomic mass is 16.2. The lowest BCUT2D eigenvalue weighted by Crippen LogP contribution is -2.52. The fourth-order valence-corrected chi connectivity index (χ4v) is 1.29. The highest BCUT2D eigenvalue weighted by Crippen LogP contribution is 2.00. The number of hydrogen-bond donors (Lipinski definition) is 3. The van der Waals surface area contributed by atoms with Gasteiger partial charge in [-0.05, 0) is 6.42 Å². The quantitative estimate of drug-likeness (QED) is 0.418. The lowest BCUT2D eigenvalue weighted by molar-refractivity contribution is -0.648. The van der Waals surface area contributed by atoms with E-state index in [2.05, 4.69) is 10.4 Å². The smallest absolute Gasteiger partial charge is 0.277 e. The van der Waals surface area contributed by atoms with Gasteiger partial charge in [0.25, 0.3) is 11.7 Å². The predicted molar refractivity (Wildman–Crippen MR) is 41.7 cm³/mol. The normalized spacial score (nSPS) is 22.8. The molecule has 1 amide bonds.